The standard InChI is InChI=1S/C13H24N2O3/c1-11(2,3)18-10(17)15-7-13(8-15)4-12(5-13,6-14)9-16/h16H,4-9,14H2,1-3H3. The molecule has 3 N–H and O–H groups in total. The van der Waals surface area contributed by atoms with Crippen molar-refractivity contribution in [1.82, 2.24) is 4.90 Å². The molecule has 1 aliphatic carbocycles. The lowest BCUT2D eigenvalue weighted by Crippen LogP contribution is -2.69. The summed E-state index contributed by atoms with van der Waals surface area (Å²) in [4.78, 5) is 13.5. The average Bonchev–Trinajstić information content (AvgIpc) is 2.12. The molecule has 0 bridgehead atoms. The van der Waals surface area contributed by atoms with Crippen molar-refractivity contribution >= 4 is 6.09 Å². The summed E-state index contributed by atoms with van der Waals surface area (Å²) in [5.41, 5.74) is 5.35. The van der Waals surface area contributed by atoms with Crippen LogP contribution >= 0.6 is 0 Å². The molecule has 0 unspecified atom stereocenters. The van der Waals surface area contributed by atoms with E-state index >= 15 is 0 Å². The Balaban J connectivity index is 1.80. The summed E-state index contributed by atoms with van der Waals surface area (Å²) in [6, 6.07) is 0. The largest absolute Gasteiger partial charge is 0.444 e. The predicted octanol–water partition coefficient (Wildman–Crippen LogP) is 0.955. The maximum Gasteiger partial charge on any atom is 0.410 e. The predicted molar refractivity (Wildman–Crippen MR) is 68.0 cm³/mol. The summed E-state index contributed by atoms with van der Waals surface area (Å²) in [6.45, 7) is 7.77. The lowest BCUT2D eigenvalue weighted by atomic mass is 9.50. The zero-order valence-corrected chi connectivity index (χ0v) is 11.5. The Morgan fingerprint density at radius 2 is 1.94 bits per heavy atom. The van der Waals surface area contributed by atoms with Gasteiger partial charge in [0.25, 0.3) is 0 Å². The zero-order valence-electron chi connectivity index (χ0n) is 11.5. The summed E-state index contributed by atoms with van der Waals surface area (Å²) < 4.78 is 5.32. The van der Waals surface area contributed by atoms with E-state index in [1.807, 2.05) is 20.8 Å². The SMILES string of the molecule is CC(C)(C)OC(=O)N1CC2(C1)CC(CN)(CO)C2. The van der Waals surface area contributed by atoms with Crippen molar-refractivity contribution in [1.29, 1.82) is 0 Å². The molecule has 2 aliphatic rings. The van der Waals surface area contributed by atoms with Crippen molar-refractivity contribution < 1.29 is 14.6 Å². The molecule has 104 valence electrons. The van der Waals surface area contributed by atoms with E-state index < -0.39 is 5.60 Å². The van der Waals surface area contributed by atoms with Gasteiger partial charge in [-0.3, -0.25) is 0 Å². The zero-order chi connectivity index (χ0) is 13.6. The van der Waals surface area contributed by atoms with Gasteiger partial charge in [-0.2, -0.15) is 0 Å². The quantitative estimate of drug-likeness (QED) is 0.771. The van der Waals surface area contributed by atoms with Crippen LogP contribution in [0.15, 0.2) is 0 Å². The van der Waals surface area contributed by atoms with Crippen molar-refractivity contribution in [3.05, 3.63) is 0 Å². The second-order valence-electron chi connectivity index (χ2n) is 7.05. The lowest BCUT2D eigenvalue weighted by Gasteiger charge is -2.63. The number of nitrogens with zero attached hydrogens (tertiary/aromatic N) is 1. The number of likely N-dealkylation sites (tertiary alicyclic amines) is 1. The van der Waals surface area contributed by atoms with Crippen LogP contribution < -0.4 is 5.73 Å². The fourth-order valence-electron chi connectivity index (χ4n) is 3.30. The number of aliphatic hydroxyl groups is 1. The van der Waals surface area contributed by atoms with Crippen LogP contribution in [0.5, 0.6) is 0 Å². The number of nitrogens with two attached hydrogens (primary N) is 1. The summed E-state index contributed by atoms with van der Waals surface area (Å²) in [5, 5.41) is 9.33. The van der Waals surface area contributed by atoms with Gasteiger partial charge in [0.15, 0.2) is 0 Å². The summed E-state index contributed by atoms with van der Waals surface area (Å²) >= 11 is 0. The Labute approximate surface area is 108 Å². The van der Waals surface area contributed by atoms with Crippen molar-refractivity contribution in [2.45, 2.75) is 39.2 Å². The summed E-state index contributed by atoms with van der Waals surface area (Å²) in [5.74, 6) is 0. The van der Waals surface area contributed by atoms with Crippen molar-refractivity contribution in [3.8, 4) is 0 Å². The Bertz CT molecular complexity index is 329. The minimum Gasteiger partial charge on any atom is -0.444 e. The van der Waals surface area contributed by atoms with Gasteiger partial charge in [-0.1, -0.05) is 0 Å². The molecule has 1 spiro atoms. The normalized spacial score (nSPS) is 24.4. The third-order valence-electron chi connectivity index (χ3n) is 3.97. The molecule has 1 aliphatic heterocycles. The van der Waals surface area contributed by atoms with E-state index in [0.29, 0.717) is 6.54 Å². The number of aliphatic hydroxyl groups excluding tert-OH is 1. The molecule has 0 aromatic carbocycles. The van der Waals surface area contributed by atoms with E-state index in [-0.39, 0.29) is 23.5 Å². The number of ether oxygens (including phenoxy) is 1. The first-order valence-electron chi connectivity index (χ1n) is 6.52. The first kappa shape index (κ1) is 13.6. The molecule has 5 nitrogen and oxygen atoms in total. The molecule has 2 rings (SSSR count). The van der Waals surface area contributed by atoms with Crippen molar-refractivity contribution in [2.24, 2.45) is 16.6 Å². The number of hydrogen-bond donors (Lipinski definition) is 2. The van der Waals surface area contributed by atoms with Gasteiger partial charge in [-0.25, -0.2) is 4.79 Å². The molecule has 1 saturated heterocycles. The van der Waals surface area contributed by atoms with Gasteiger partial charge >= 0.3 is 6.09 Å². The van der Waals surface area contributed by atoms with Crippen LogP contribution in [0.3, 0.4) is 0 Å². The fraction of sp³-hybridized carbons (Fsp3) is 0.923. The maximum atomic E-state index is 11.8. The van der Waals surface area contributed by atoms with Gasteiger partial charge in [0.2, 0.25) is 0 Å². The first-order valence-corrected chi connectivity index (χ1v) is 6.52. The molecular weight excluding hydrogens is 232 g/mol. The second-order valence-corrected chi connectivity index (χ2v) is 7.05. The highest BCUT2D eigenvalue weighted by Crippen LogP contribution is 2.58. The van der Waals surface area contributed by atoms with E-state index in [1.165, 1.54) is 0 Å². The van der Waals surface area contributed by atoms with Crippen LogP contribution in [0.2, 0.25) is 0 Å². The maximum absolute atomic E-state index is 11.8. The van der Waals surface area contributed by atoms with Crippen LogP contribution in [0.1, 0.15) is 33.6 Å². The van der Waals surface area contributed by atoms with E-state index in [2.05, 4.69) is 0 Å². The van der Waals surface area contributed by atoms with Crippen LogP contribution in [0.4, 0.5) is 4.79 Å². The van der Waals surface area contributed by atoms with Gasteiger partial charge in [-0.05, 0) is 33.6 Å². The summed E-state index contributed by atoms with van der Waals surface area (Å²) in [7, 11) is 0. The molecule has 2 fully saturated rings. The van der Waals surface area contributed by atoms with Gasteiger partial charge in [0.05, 0.1) is 0 Å². The average molecular weight is 256 g/mol. The van der Waals surface area contributed by atoms with Crippen LogP contribution in [0, 0.1) is 10.8 Å². The van der Waals surface area contributed by atoms with E-state index in [4.69, 9.17) is 10.5 Å². The number of rotatable bonds is 2. The highest BCUT2D eigenvalue weighted by molar-refractivity contribution is 5.69. The molecule has 1 amide bonds. The number of hydrogen-bond acceptors (Lipinski definition) is 4. The second kappa shape index (κ2) is 4.10. The van der Waals surface area contributed by atoms with Gasteiger partial charge < -0.3 is 20.5 Å². The molecule has 0 atom stereocenters. The third kappa shape index (κ3) is 2.34. The van der Waals surface area contributed by atoms with Crippen molar-refractivity contribution in [3.63, 3.8) is 0 Å². The van der Waals surface area contributed by atoms with Gasteiger partial charge in [-0.15, -0.1) is 0 Å². The molecule has 1 saturated carbocycles. The molecule has 18 heavy (non-hydrogen) atoms. The van der Waals surface area contributed by atoms with Crippen molar-refractivity contribution in [2.75, 3.05) is 26.2 Å². The Morgan fingerprint density at radius 3 is 2.33 bits per heavy atom. The third-order valence-corrected chi connectivity index (χ3v) is 3.97. The van der Waals surface area contributed by atoms with E-state index in [0.717, 1.165) is 25.9 Å². The Morgan fingerprint density at radius 1 is 1.39 bits per heavy atom. The van der Waals surface area contributed by atoms with Crippen LogP contribution in [-0.2, 0) is 4.74 Å². The monoisotopic (exact) mass is 256 g/mol. The van der Waals surface area contributed by atoms with Gasteiger partial charge in [0, 0.05) is 37.1 Å². The molecule has 5 heteroatoms. The van der Waals surface area contributed by atoms with Crippen LogP contribution in [-0.4, -0.2) is 47.9 Å². The highest BCUT2D eigenvalue weighted by Gasteiger charge is 2.60. The fourth-order valence-corrected chi connectivity index (χ4v) is 3.30. The Kier molecular flexibility index (Phi) is 3.10. The number of carbonyl (C=O) groups excluding carboxylic acids is 1. The lowest BCUT2D eigenvalue weighted by molar-refractivity contribution is -0.149. The summed E-state index contributed by atoms with van der Waals surface area (Å²) in [6.07, 6.45) is 1.61. The first-order chi connectivity index (χ1) is 8.23. The molecule has 0 aromatic rings. The van der Waals surface area contributed by atoms with E-state index in [1.54, 1.807) is 4.90 Å². The molecule has 1 heterocycles. The smallest absolute Gasteiger partial charge is 0.410 e. The molecule has 0 radical (unpaired) electrons. The minimum atomic E-state index is -0.439. The molecular formula is C13H24N2O3. The number of amides is 1. The highest BCUT2D eigenvalue weighted by atomic mass is 16.6. The molecule has 0 aromatic heterocycles. The van der Waals surface area contributed by atoms with Gasteiger partial charge in [0.1, 0.15) is 5.60 Å². The minimum absolute atomic E-state index is 0.0972. The van der Waals surface area contributed by atoms with Crippen LogP contribution in [0.25, 0.3) is 0 Å². The van der Waals surface area contributed by atoms with E-state index in [9.17, 15) is 9.90 Å². The number of carbonyl (C=O) groups is 1. The topological polar surface area (TPSA) is 75.8 Å². The Hall–Kier alpha value is -0.810.